The van der Waals surface area contributed by atoms with Crippen molar-refractivity contribution in [3.63, 3.8) is 0 Å². The van der Waals surface area contributed by atoms with Gasteiger partial charge in [0.2, 0.25) is 0 Å². The predicted octanol–water partition coefficient (Wildman–Crippen LogP) is 0.418. The van der Waals surface area contributed by atoms with Crippen LogP contribution in [-0.4, -0.2) is 43.5 Å². The predicted molar refractivity (Wildman–Crippen MR) is 87.7 cm³/mol. The van der Waals surface area contributed by atoms with Gasteiger partial charge in [0.25, 0.3) is 11.8 Å². The molecule has 0 aliphatic carbocycles. The highest BCUT2D eigenvalue weighted by Crippen LogP contribution is 2.17. The summed E-state index contributed by atoms with van der Waals surface area (Å²) in [5.41, 5.74) is 2.72. The molecule has 0 unspecified atom stereocenters. The van der Waals surface area contributed by atoms with Crippen LogP contribution in [0, 0.1) is 6.92 Å². The Morgan fingerprint density at radius 2 is 2.00 bits per heavy atom. The van der Waals surface area contributed by atoms with Gasteiger partial charge in [-0.25, -0.2) is 0 Å². The molecule has 24 heavy (non-hydrogen) atoms. The third-order valence-electron chi connectivity index (χ3n) is 3.93. The van der Waals surface area contributed by atoms with Crippen molar-refractivity contribution in [3.8, 4) is 0 Å². The highest BCUT2D eigenvalue weighted by atomic mass is 16.2. The molecule has 8 nitrogen and oxygen atoms in total. The van der Waals surface area contributed by atoms with Crippen LogP contribution in [0.15, 0.2) is 12.1 Å². The smallest absolute Gasteiger partial charge is 0.271 e. The number of carbonyl (C=O) groups excluding carboxylic acids is 2. The summed E-state index contributed by atoms with van der Waals surface area (Å²) in [6.45, 7) is 6.24. The van der Waals surface area contributed by atoms with Gasteiger partial charge < -0.3 is 10.6 Å². The molecule has 2 aromatic rings. The molecule has 2 amide bonds. The maximum Gasteiger partial charge on any atom is 0.271 e. The van der Waals surface area contributed by atoms with Gasteiger partial charge >= 0.3 is 0 Å². The van der Waals surface area contributed by atoms with Crippen LogP contribution in [0.4, 0.5) is 0 Å². The van der Waals surface area contributed by atoms with Crippen molar-refractivity contribution in [1.29, 1.82) is 0 Å². The van der Waals surface area contributed by atoms with Gasteiger partial charge in [-0.3, -0.25) is 19.0 Å². The minimum absolute atomic E-state index is 0.0302. The molecule has 3 heterocycles. The average Bonchev–Trinajstić information content (AvgIpc) is 3.10. The average molecular weight is 330 g/mol. The fourth-order valence-corrected chi connectivity index (χ4v) is 2.93. The van der Waals surface area contributed by atoms with Crippen molar-refractivity contribution in [1.82, 2.24) is 30.2 Å². The molecule has 128 valence electrons. The second-order valence-electron chi connectivity index (χ2n) is 6.50. The Hall–Kier alpha value is -2.64. The first kappa shape index (κ1) is 16.2. The number of rotatable bonds is 4. The van der Waals surface area contributed by atoms with Crippen molar-refractivity contribution in [2.75, 3.05) is 0 Å². The van der Waals surface area contributed by atoms with E-state index in [2.05, 4.69) is 20.8 Å². The highest BCUT2D eigenvalue weighted by Gasteiger charge is 2.27. The minimum Gasteiger partial charge on any atom is -0.348 e. The normalized spacial score (nSPS) is 16.3. The lowest BCUT2D eigenvalue weighted by molar-refractivity contribution is 0.0918. The minimum atomic E-state index is -0.169. The molecule has 0 aromatic carbocycles. The van der Waals surface area contributed by atoms with Gasteiger partial charge in [0.15, 0.2) is 0 Å². The van der Waals surface area contributed by atoms with Gasteiger partial charge in [-0.1, -0.05) is 0 Å². The lowest BCUT2D eigenvalue weighted by Gasteiger charge is -2.12. The van der Waals surface area contributed by atoms with Gasteiger partial charge in [0.1, 0.15) is 11.4 Å². The Bertz CT molecular complexity index is 765. The number of hydrogen-bond donors (Lipinski definition) is 2. The zero-order valence-corrected chi connectivity index (χ0v) is 14.3. The summed E-state index contributed by atoms with van der Waals surface area (Å²) in [5, 5.41) is 14.3. The van der Waals surface area contributed by atoms with E-state index in [-0.39, 0.29) is 23.9 Å². The summed E-state index contributed by atoms with van der Waals surface area (Å²) >= 11 is 0. The zero-order chi connectivity index (χ0) is 17.4. The van der Waals surface area contributed by atoms with E-state index >= 15 is 0 Å². The summed E-state index contributed by atoms with van der Waals surface area (Å²) < 4.78 is 3.36. The van der Waals surface area contributed by atoms with E-state index in [0.717, 1.165) is 11.4 Å². The number of fused-ring (bicyclic) bond motifs is 1. The Balaban J connectivity index is 1.63. The summed E-state index contributed by atoms with van der Waals surface area (Å²) in [7, 11) is 1.75. The summed E-state index contributed by atoms with van der Waals surface area (Å²) in [4.78, 5) is 24.3. The van der Waals surface area contributed by atoms with Crippen LogP contribution in [-0.2, 0) is 20.0 Å². The number of aromatic nitrogens is 4. The summed E-state index contributed by atoms with van der Waals surface area (Å²) in [5.74, 6) is -0.315. The highest BCUT2D eigenvalue weighted by molar-refractivity contribution is 5.93. The zero-order valence-electron chi connectivity index (χ0n) is 14.3. The quantitative estimate of drug-likeness (QED) is 0.849. The van der Waals surface area contributed by atoms with E-state index in [1.54, 1.807) is 28.5 Å². The molecule has 0 fully saturated rings. The first-order valence-corrected chi connectivity index (χ1v) is 8.02. The summed E-state index contributed by atoms with van der Waals surface area (Å²) in [6, 6.07) is 3.59. The maximum absolute atomic E-state index is 12.3. The Labute approximate surface area is 140 Å². The molecule has 1 aliphatic rings. The molecular weight excluding hydrogens is 308 g/mol. The number of carbonyl (C=O) groups is 2. The fourth-order valence-electron chi connectivity index (χ4n) is 2.93. The molecule has 2 N–H and O–H groups in total. The second-order valence-corrected chi connectivity index (χ2v) is 6.50. The van der Waals surface area contributed by atoms with Crippen molar-refractivity contribution in [3.05, 3.63) is 34.9 Å². The molecule has 3 rings (SSSR count). The monoisotopic (exact) mass is 330 g/mol. The molecule has 0 saturated carbocycles. The molecule has 0 spiro atoms. The lowest BCUT2D eigenvalue weighted by Crippen LogP contribution is -2.37. The number of aryl methyl sites for hydroxylation is 2. The van der Waals surface area contributed by atoms with Crippen molar-refractivity contribution < 1.29 is 9.59 Å². The van der Waals surface area contributed by atoms with E-state index in [0.29, 0.717) is 24.4 Å². The fraction of sp³-hybridized carbons (Fsp3) is 0.500. The van der Waals surface area contributed by atoms with Crippen LogP contribution in [0.5, 0.6) is 0 Å². The standard InChI is InChI=1S/C16H22N6O2/c1-9(2)17-15(23)13-7-12-6-11(8-22(12)20-13)18-16(24)14-5-10(3)19-21(14)4/h5,7,9,11H,6,8H2,1-4H3,(H,17,23)(H,18,24)/t11-/m0/s1. The molecule has 0 radical (unpaired) electrons. The van der Waals surface area contributed by atoms with E-state index < -0.39 is 0 Å². The SMILES string of the molecule is Cc1cc(C(=O)N[C@H]2Cc3cc(C(=O)NC(C)C)nn3C2)n(C)n1. The van der Waals surface area contributed by atoms with Gasteiger partial charge in [0, 0.05) is 25.2 Å². The van der Waals surface area contributed by atoms with E-state index in [1.165, 1.54) is 0 Å². The van der Waals surface area contributed by atoms with Crippen LogP contribution in [0.1, 0.15) is 46.2 Å². The third-order valence-corrected chi connectivity index (χ3v) is 3.93. The number of amides is 2. The van der Waals surface area contributed by atoms with Crippen LogP contribution in [0.3, 0.4) is 0 Å². The molecule has 8 heteroatoms. The number of nitrogens with zero attached hydrogens (tertiary/aromatic N) is 4. The topological polar surface area (TPSA) is 93.8 Å². The number of hydrogen-bond acceptors (Lipinski definition) is 4. The second kappa shape index (κ2) is 6.10. The summed E-state index contributed by atoms with van der Waals surface area (Å²) in [6.07, 6.45) is 0.657. The van der Waals surface area contributed by atoms with E-state index in [1.807, 2.05) is 20.8 Å². The molecule has 0 saturated heterocycles. The first-order chi connectivity index (χ1) is 11.3. The molecule has 1 aliphatic heterocycles. The van der Waals surface area contributed by atoms with E-state index in [9.17, 15) is 9.59 Å². The Morgan fingerprint density at radius 3 is 2.58 bits per heavy atom. The molecular formula is C16H22N6O2. The van der Waals surface area contributed by atoms with E-state index in [4.69, 9.17) is 0 Å². The van der Waals surface area contributed by atoms with Crippen LogP contribution < -0.4 is 10.6 Å². The van der Waals surface area contributed by atoms with Crippen molar-refractivity contribution in [2.45, 2.75) is 45.8 Å². The maximum atomic E-state index is 12.3. The van der Waals surface area contributed by atoms with Gasteiger partial charge in [0.05, 0.1) is 18.3 Å². The van der Waals surface area contributed by atoms with Crippen LogP contribution in [0.25, 0.3) is 0 Å². The van der Waals surface area contributed by atoms with Crippen LogP contribution >= 0.6 is 0 Å². The first-order valence-electron chi connectivity index (χ1n) is 8.02. The third kappa shape index (κ3) is 3.17. The molecule has 1 atom stereocenters. The molecule has 2 aromatic heterocycles. The lowest BCUT2D eigenvalue weighted by atomic mass is 10.2. The van der Waals surface area contributed by atoms with Crippen LogP contribution in [0.2, 0.25) is 0 Å². The van der Waals surface area contributed by atoms with Gasteiger partial charge in [-0.15, -0.1) is 0 Å². The van der Waals surface area contributed by atoms with Crippen molar-refractivity contribution in [2.24, 2.45) is 7.05 Å². The van der Waals surface area contributed by atoms with Crippen molar-refractivity contribution >= 4 is 11.8 Å². The van der Waals surface area contributed by atoms with Gasteiger partial charge in [-0.05, 0) is 32.9 Å². The number of nitrogens with one attached hydrogen (secondary N) is 2. The molecule has 0 bridgehead atoms. The largest absolute Gasteiger partial charge is 0.348 e. The Morgan fingerprint density at radius 1 is 1.25 bits per heavy atom. The Kier molecular flexibility index (Phi) is 4.13. The van der Waals surface area contributed by atoms with Gasteiger partial charge in [-0.2, -0.15) is 10.2 Å².